The Balaban J connectivity index is 1.63. The Morgan fingerprint density at radius 2 is 2.33 bits per heavy atom. The fourth-order valence-corrected chi connectivity index (χ4v) is 3.33. The first-order chi connectivity index (χ1) is 10.3. The number of oxime groups is 1. The van der Waals surface area contributed by atoms with Gasteiger partial charge >= 0.3 is 0 Å². The number of piperidine rings is 1. The van der Waals surface area contributed by atoms with Gasteiger partial charge in [0, 0.05) is 13.0 Å². The highest BCUT2D eigenvalue weighted by Crippen LogP contribution is 2.26. The quantitative estimate of drug-likeness (QED) is 0.383. The largest absolute Gasteiger partial charge is 0.493 e. The smallest absolute Gasteiger partial charge is 0.156 e. The minimum absolute atomic E-state index is 0.0847. The summed E-state index contributed by atoms with van der Waals surface area (Å²) in [6.07, 6.45) is 5.32. The van der Waals surface area contributed by atoms with Crippen LogP contribution in [0.15, 0.2) is 23.4 Å². The van der Waals surface area contributed by atoms with Gasteiger partial charge in [-0.15, -0.1) is 0 Å². The van der Waals surface area contributed by atoms with Gasteiger partial charge in [-0.2, -0.15) is 0 Å². The molecule has 1 unspecified atom stereocenters. The third-order valence-corrected chi connectivity index (χ3v) is 4.51. The normalized spacial score (nSPS) is 22.9. The molecule has 1 fully saturated rings. The first kappa shape index (κ1) is 14.2. The van der Waals surface area contributed by atoms with Crippen LogP contribution in [0.4, 0.5) is 0 Å². The third-order valence-electron chi connectivity index (χ3n) is 4.51. The van der Waals surface area contributed by atoms with Gasteiger partial charge in [0.1, 0.15) is 5.75 Å². The van der Waals surface area contributed by atoms with Crippen LogP contribution in [-0.2, 0) is 12.8 Å². The summed E-state index contributed by atoms with van der Waals surface area (Å²) in [5, 5.41) is 12.1. The van der Waals surface area contributed by atoms with E-state index in [1.165, 1.54) is 17.5 Å². The van der Waals surface area contributed by atoms with Gasteiger partial charge in [0.25, 0.3) is 0 Å². The van der Waals surface area contributed by atoms with Crippen LogP contribution in [-0.4, -0.2) is 41.7 Å². The van der Waals surface area contributed by atoms with Gasteiger partial charge in [-0.3, -0.25) is 4.90 Å². The van der Waals surface area contributed by atoms with Crippen molar-refractivity contribution in [3.8, 4) is 5.75 Å². The molecule has 0 bridgehead atoms. The number of hydrogen-bond donors (Lipinski definition) is 2. The van der Waals surface area contributed by atoms with Crippen LogP contribution in [0.5, 0.6) is 5.75 Å². The Hall–Kier alpha value is -1.75. The van der Waals surface area contributed by atoms with E-state index >= 15 is 0 Å². The number of likely N-dealkylation sites (tertiary alicyclic amines) is 1. The van der Waals surface area contributed by atoms with Crippen molar-refractivity contribution in [1.29, 1.82) is 0 Å². The van der Waals surface area contributed by atoms with E-state index in [-0.39, 0.29) is 6.04 Å². The fourth-order valence-electron chi connectivity index (χ4n) is 3.33. The molecular formula is C16H23N3O2. The molecule has 1 aromatic rings. The molecule has 0 aliphatic carbocycles. The van der Waals surface area contributed by atoms with Crippen molar-refractivity contribution in [3.63, 3.8) is 0 Å². The second-order valence-corrected chi connectivity index (χ2v) is 5.86. The number of ether oxygens (including phenoxy) is 1. The minimum Gasteiger partial charge on any atom is -0.493 e. The van der Waals surface area contributed by atoms with Crippen molar-refractivity contribution in [1.82, 2.24) is 4.90 Å². The van der Waals surface area contributed by atoms with Gasteiger partial charge < -0.3 is 15.7 Å². The van der Waals surface area contributed by atoms with E-state index < -0.39 is 0 Å². The van der Waals surface area contributed by atoms with Gasteiger partial charge in [0.2, 0.25) is 0 Å². The Morgan fingerprint density at radius 3 is 3.19 bits per heavy atom. The molecule has 0 amide bonds. The van der Waals surface area contributed by atoms with Crippen LogP contribution in [0.2, 0.25) is 0 Å². The highest BCUT2D eigenvalue weighted by molar-refractivity contribution is 5.85. The summed E-state index contributed by atoms with van der Waals surface area (Å²) in [6.45, 7) is 2.77. The van der Waals surface area contributed by atoms with Crippen LogP contribution in [0.3, 0.4) is 0 Å². The molecule has 21 heavy (non-hydrogen) atoms. The average molecular weight is 289 g/mol. The molecule has 5 heteroatoms. The maximum atomic E-state index is 8.92. The average Bonchev–Trinajstić information content (AvgIpc) is 3.00. The standard InChI is InChI=1S/C16H23N3O2/c17-16(18-20)14-3-1-2-8-19(14)9-6-12-4-5-15-13(11-12)7-10-21-15/h4-5,11,14,20H,1-3,6-10H2,(H2,17,18). The SMILES string of the molecule is NC(=NO)C1CCCCN1CCc1ccc2c(c1)CCO2. The molecule has 2 aliphatic rings. The molecule has 0 aromatic heterocycles. The summed E-state index contributed by atoms with van der Waals surface area (Å²) in [5.74, 6) is 1.38. The maximum absolute atomic E-state index is 8.92. The molecule has 1 aromatic carbocycles. The Bertz CT molecular complexity index is 530. The monoisotopic (exact) mass is 289 g/mol. The molecule has 3 rings (SSSR count). The predicted octanol–water partition coefficient (Wildman–Crippen LogP) is 1.76. The molecule has 3 N–H and O–H groups in total. The highest BCUT2D eigenvalue weighted by atomic mass is 16.5. The fraction of sp³-hybridized carbons (Fsp3) is 0.562. The molecule has 0 radical (unpaired) electrons. The van der Waals surface area contributed by atoms with Crippen LogP contribution >= 0.6 is 0 Å². The maximum Gasteiger partial charge on any atom is 0.156 e. The van der Waals surface area contributed by atoms with Crippen LogP contribution < -0.4 is 10.5 Å². The molecule has 0 saturated carbocycles. The number of rotatable bonds is 4. The van der Waals surface area contributed by atoms with Crippen molar-refractivity contribution in [3.05, 3.63) is 29.3 Å². The summed E-state index contributed by atoms with van der Waals surface area (Å²) in [6, 6.07) is 6.56. The zero-order valence-corrected chi connectivity index (χ0v) is 12.3. The van der Waals surface area contributed by atoms with Crippen molar-refractivity contribution in [2.45, 2.75) is 38.1 Å². The topological polar surface area (TPSA) is 71.1 Å². The molecule has 114 valence electrons. The number of fused-ring (bicyclic) bond motifs is 1. The van der Waals surface area contributed by atoms with Crippen molar-refractivity contribution in [2.24, 2.45) is 10.9 Å². The molecule has 2 aliphatic heterocycles. The molecule has 2 heterocycles. The van der Waals surface area contributed by atoms with Gasteiger partial charge in [0.05, 0.1) is 12.6 Å². The van der Waals surface area contributed by atoms with E-state index in [0.29, 0.717) is 5.84 Å². The number of amidine groups is 1. The number of benzene rings is 1. The molecule has 1 atom stereocenters. The Morgan fingerprint density at radius 1 is 1.43 bits per heavy atom. The van der Waals surface area contributed by atoms with Crippen LogP contribution in [0, 0.1) is 0 Å². The lowest BCUT2D eigenvalue weighted by Crippen LogP contribution is -2.48. The second kappa shape index (κ2) is 6.35. The van der Waals surface area contributed by atoms with Crippen LogP contribution in [0.25, 0.3) is 0 Å². The van der Waals surface area contributed by atoms with Crippen LogP contribution in [0.1, 0.15) is 30.4 Å². The lowest BCUT2D eigenvalue weighted by molar-refractivity contribution is 0.188. The Kier molecular flexibility index (Phi) is 4.29. The summed E-state index contributed by atoms with van der Waals surface area (Å²) < 4.78 is 5.54. The number of nitrogens with two attached hydrogens (primary N) is 1. The highest BCUT2D eigenvalue weighted by Gasteiger charge is 2.25. The van der Waals surface area contributed by atoms with Crippen molar-refractivity contribution >= 4 is 5.84 Å². The van der Waals surface area contributed by atoms with Crippen molar-refractivity contribution < 1.29 is 9.94 Å². The van der Waals surface area contributed by atoms with E-state index in [4.69, 9.17) is 15.7 Å². The minimum atomic E-state index is 0.0847. The lowest BCUT2D eigenvalue weighted by Gasteiger charge is -2.34. The van der Waals surface area contributed by atoms with Gasteiger partial charge in [-0.25, -0.2) is 0 Å². The zero-order chi connectivity index (χ0) is 14.7. The summed E-state index contributed by atoms with van der Waals surface area (Å²) >= 11 is 0. The van der Waals surface area contributed by atoms with E-state index in [2.05, 4.69) is 28.3 Å². The van der Waals surface area contributed by atoms with Gasteiger partial charge in [-0.05, 0) is 43.0 Å². The lowest BCUT2D eigenvalue weighted by atomic mass is 10.00. The second-order valence-electron chi connectivity index (χ2n) is 5.86. The van der Waals surface area contributed by atoms with Gasteiger partial charge in [0.15, 0.2) is 5.84 Å². The number of nitrogens with zero attached hydrogens (tertiary/aromatic N) is 2. The third kappa shape index (κ3) is 3.13. The molecular weight excluding hydrogens is 266 g/mol. The number of hydrogen-bond acceptors (Lipinski definition) is 4. The first-order valence-corrected chi connectivity index (χ1v) is 7.74. The summed E-state index contributed by atoms with van der Waals surface area (Å²) in [5.41, 5.74) is 8.48. The molecule has 5 nitrogen and oxygen atoms in total. The van der Waals surface area contributed by atoms with Gasteiger partial charge in [-0.1, -0.05) is 23.7 Å². The van der Waals surface area contributed by atoms with E-state index in [0.717, 1.165) is 51.1 Å². The Labute approximate surface area is 125 Å². The summed E-state index contributed by atoms with van der Waals surface area (Å²) in [4.78, 5) is 2.34. The van der Waals surface area contributed by atoms with E-state index in [1.807, 2.05) is 0 Å². The first-order valence-electron chi connectivity index (χ1n) is 7.74. The predicted molar refractivity (Wildman–Crippen MR) is 82.0 cm³/mol. The van der Waals surface area contributed by atoms with Crippen molar-refractivity contribution in [2.75, 3.05) is 19.7 Å². The van der Waals surface area contributed by atoms with E-state index in [9.17, 15) is 0 Å². The molecule has 1 saturated heterocycles. The summed E-state index contributed by atoms with van der Waals surface area (Å²) in [7, 11) is 0. The zero-order valence-electron chi connectivity index (χ0n) is 12.3. The molecule has 0 spiro atoms. The van der Waals surface area contributed by atoms with E-state index in [1.54, 1.807) is 0 Å².